The maximum absolute atomic E-state index is 13.0. The summed E-state index contributed by atoms with van der Waals surface area (Å²) >= 11 is 1.16. The third-order valence-corrected chi connectivity index (χ3v) is 5.85. The number of hydrogen-bond donors (Lipinski definition) is 2. The SMILES string of the molecule is Cc1[nH]n(-c2nc(C3=C([O-])O[NH2+]N3c3ccccc3)cs2)c(=O)c1N=Nc1ccc([N+](=O)[O-])cc1. The standard InChI is InChI=1S/C21H16N8O5S/c1-12-17(24-23-13-7-9-15(10-8-13)29(32)33)19(30)28(25-12)21-22-16(11-35-21)18-20(31)34-26-27(18)14-5-3-2-4-6-14/h2-11,25-26,31H,1H3. The number of aryl methyl sites for hydroxylation is 1. The highest BCUT2D eigenvalue weighted by atomic mass is 32.1. The van der Waals surface area contributed by atoms with Crippen LogP contribution in [-0.2, 0) is 4.84 Å². The number of nitrogens with two attached hydrogens (primary N) is 1. The van der Waals surface area contributed by atoms with Gasteiger partial charge in [0.25, 0.3) is 5.69 Å². The molecule has 2 aromatic carbocycles. The number of hydrogen-bond acceptors (Lipinski definition) is 10. The number of nitrogens with one attached hydrogen (secondary N) is 1. The number of thiazole rings is 1. The molecule has 35 heavy (non-hydrogen) atoms. The molecule has 0 fully saturated rings. The van der Waals surface area contributed by atoms with Crippen LogP contribution in [0.4, 0.5) is 22.7 Å². The molecule has 1 aliphatic rings. The van der Waals surface area contributed by atoms with E-state index in [4.69, 9.17) is 4.84 Å². The number of anilines is 1. The summed E-state index contributed by atoms with van der Waals surface area (Å²) in [6.07, 6.45) is 0. The van der Waals surface area contributed by atoms with Crippen molar-refractivity contribution in [2.24, 2.45) is 10.2 Å². The Kier molecular flexibility index (Phi) is 5.56. The van der Waals surface area contributed by atoms with Gasteiger partial charge in [0.05, 0.1) is 22.0 Å². The lowest BCUT2D eigenvalue weighted by atomic mass is 10.2. The van der Waals surface area contributed by atoms with E-state index in [0.29, 0.717) is 22.2 Å². The predicted octanol–water partition coefficient (Wildman–Crippen LogP) is 2.17. The average Bonchev–Trinajstić information content (AvgIpc) is 3.56. The number of benzene rings is 2. The van der Waals surface area contributed by atoms with E-state index in [0.717, 1.165) is 17.0 Å². The van der Waals surface area contributed by atoms with E-state index in [1.807, 2.05) is 30.3 Å². The van der Waals surface area contributed by atoms with Crippen LogP contribution in [0.2, 0.25) is 0 Å². The zero-order chi connectivity index (χ0) is 24.5. The van der Waals surface area contributed by atoms with Gasteiger partial charge in [-0.15, -0.1) is 22.0 Å². The molecule has 0 spiro atoms. The fourth-order valence-electron chi connectivity index (χ4n) is 3.33. The molecule has 176 valence electrons. The Labute approximate surface area is 200 Å². The highest BCUT2D eigenvalue weighted by Gasteiger charge is 2.27. The van der Waals surface area contributed by atoms with E-state index in [2.05, 4.69) is 20.3 Å². The average molecular weight is 492 g/mol. The van der Waals surface area contributed by atoms with Crippen LogP contribution < -0.4 is 21.3 Å². The summed E-state index contributed by atoms with van der Waals surface area (Å²) in [7, 11) is 0. The van der Waals surface area contributed by atoms with Gasteiger partial charge in [-0.1, -0.05) is 18.2 Å². The fraction of sp³-hybridized carbons (Fsp3) is 0.0476. The monoisotopic (exact) mass is 492 g/mol. The highest BCUT2D eigenvalue weighted by molar-refractivity contribution is 7.12. The molecule has 2 aromatic heterocycles. The van der Waals surface area contributed by atoms with Crippen LogP contribution in [0.1, 0.15) is 11.4 Å². The van der Waals surface area contributed by atoms with Crippen molar-refractivity contribution in [3.05, 3.63) is 97.8 Å². The van der Waals surface area contributed by atoms with Crippen LogP contribution in [0.25, 0.3) is 10.8 Å². The number of para-hydroxylation sites is 1. The third-order valence-electron chi connectivity index (χ3n) is 5.03. The number of azo groups is 1. The summed E-state index contributed by atoms with van der Waals surface area (Å²) in [5.74, 6) is -0.557. The molecule has 0 unspecified atom stereocenters. The third kappa shape index (κ3) is 4.14. The number of nitro benzene ring substituents is 1. The largest absolute Gasteiger partial charge is 0.540 e. The lowest BCUT2D eigenvalue weighted by Gasteiger charge is -2.16. The minimum Gasteiger partial charge on any atom is -0.540 e. The van der Waals surface area contributed by atoms with Crippen molar-refractivity contribution in [3.63, 3.8) is 0 Å². The summed E-state index contributed by atoms with van der Waals surface area (Å²) in [6.45, 7) is 1.66. The van der Waals surface area contributed by atoms with Gasteiger partial charge in [-0.3, -0.25) is 20.0 Å². The molecular formula is C21H16N8O5S. The first kappa shape index (κ1) is 22.0. The van der Waals surface area contributed by atoms with Crippen LogP contribution in [-0.4, -0.2) is 19.7 Å². The van der Waals surface area contributed by atoms with Crippen LogP contribution >= 0.6 is 11.3 Å². The van der Waals surface area contributed by atoms with Crippen LogP contribution in [0.15, 0.2) is 80.9 Å². The molecule has 0 saturated carbocycles. The summed E-state index contributed by atoms with van der Waals surface area (Å²) in [6, 6.07) is 14.7. The van der Waals surface area contributed by atoms with Gasteiger partial charge in [-0.25, -0.2) is 4.98 Å². The molecule has 3 N–H and O–H groups in total. The van der Waals surface area contributed by atoms with E-state index in [1.54, 1.807) is 17.3 Å². The number of quaternary nitrogens is 1. The molecule has 0 aliphatic carbocycles. The fourth-order valence-corrected chi connectivity index (χ4v) is 4.10. The van der Waals surface area contributed by atoms with E-state index in [1.165, 1.54) is 34.5 Å². The molecule has 0 radical (unpaired) electrons. The van der Waals surface area contributed by atoms with Gasteiger partial charge in [0, 0.05) is 17.5 Å². The van der Waals surface area contributed by atoms with Crippen LogP contribution in [0.3, 0.4) is 0 Å². The summed E-state index contributed by atoms with van der Waals surface area (Å²) in [5, 5.41) is 37.7. The molecule has 0 atom stereocenters. The zero-order valence-corrected chi connectivity index (χ0v) is 18.8. The van der Waals surface area contributed by atoms with Gasteiger partial charge in [0.15, 0.2) is 11.4 Å². The van der Waals surface area contributed by atoms with Gasteiger partial charge < -0.3 is 9.94 Å². The van der Waals surface area contributed by atoms with Crippen molar-refractivity contribution >= 4 is 39.8 Å². The number of rotatable bonds is 6. The molecule has 0 amide bonds. The minimum absolute atomic E-state index is 0.0623. The molecule has 0 bridgehead atoms. The Balaban J connectivity index is 1.43. The molecule has 4 aromatic rings. The second kappa shape index (κ2) is 8.85. The highest BCUT2D eigenvalue weighted by Crippen LogP contribution is 2.29. The van der Waals surface area contributed by atoms with Crippen molar-refractivity contribution in [2.75, 3.05) is 5.01 Å². The van der Waals surface area contributed by atoms with Gasteiger partial charge in [-0.2, -0.15) is 14.8 Å². The zero-order valence-electron chi connectivity index (χ0n) is 18.0. The number of H-pyrrole nitrogens is 1. The van der Waals surface area contributed by atoms with E-state index in [-0.39, 0.29) is 17.1 Å². The molecule has 5 rings (SSSR count). The van der Waals surface area contributed by atoms with Crippen molar-refractivity contribution in [3.8, 4) is 5.13 Å². The van der Waals surface area contributed by atoms with Gasteiger partial charge in [0.2, 0.25) is 5.13 Å². The van der Waals surface area contributed by atoms with E-state index >= 15 is 0 Å². The molecule has 3 heterocycles. The minimum atomic E-state index is -0.557. The smallest absolute Gasteiger partial charge is 0.301 e. The maximum atomic E-state index is 13.0. The first-order valence-electron chi connectivity index (χ1n) is 10.1. The van der Waals surface area contributed by atoms with Crippen LogP contribution in [0, 0.1) is 17.0 Å². The summed E-state index contributed by atoms with van der Waals surface area (Å²) in [4.78, 5) is 32.8. The lowest BCUT2D eigenvalue weighted by molar-refractivity contribution is -0.890. The molecule has 1 aliphatic heterocycles. The van der Waals surface area contributed by atoms with Crippen molar-refractivity contribution < 1.29 is 20.5 Å². The molecular weight excluding hydrogens is 476 g/mol. The Hall–Kier alpha value is -4.82. The number of non-ortho nitro benzene ring substituents is 1. The number of nitro groups is 1. The van der Waals surface area contributed by atoms with Gasteiger partial charge in [-0.05, 0) is 31.2 Å². The lowest BCUT2D eigenvalue weighted by Crippen LogP contribution is -2.90. The first-order valence-corrected chi connectivity index (χ1v) is 11.0. The predicted molar refractivity (Wildman–Crippen MR) is 123 cm³/mol. The molecule has 13 nitrogen and oxygen atoms in total. The normalized spacial score (nSPS) is 13.6. The Morgan fingerprint density at radius 3 is 2.60 bits per heavy atom. The van der Waals surface area contributed by atoms with E-state index in [9.17, 15) is 20.0 Å². The first-order chi connectivity index (χ1) is 16.9. The Morgan fingerprint density at radius 2 is 1.89 bits per heavy atom. The van der Waals surface area contributed by atoms with Crippen molar-refractivity contribution in [1.29, 1.82) is 0 Å². The van der Waals surface area contributed by atoms with Crippen molar-refractivity contribution in [2.45, 2.75) is 6.92 Å². The summed E-state index contributed by atoms with van der Waals surface area (Å²) < 4.78 is 1.21. The Bertz CT molecular complexity index is 1520. The number of aromatic nitrogens is 3. The number of nitrogens with zero attached hydrogens (tertiary/aromatic N) is 6. The molecule has 14 heteroatoms. The Morgan fingerprint density at radius 1 is 1.14 bits per heavy atom. The topological polar surface area (TPSA) is 171 Å². The second-order valence-electron chi connectivity index (χ2n) is 7.28. The summed E-state index contributed by atoms with van der Waals surface area (Å²) in [5.41, 5.74) is 2.92. The second-order valence-corrected chi connectivity index (χ2v) is 8.12. The molecule has 0 saturated heterocycles. The maximum Gasteiger partial charge on any atom is 0.301 e. The van der Waals surface area contributed by atoms with E-state index < -0.39 is 16.4 Å². The number of aromatic amines is 1. The van der Waals surface area contributed by atoms with Crippen LogP contribution in [0.5, 0.6) is 0 Å². The van der Waals surface area contributed by atoms with Gasteiger partial charge in [0.1, 0.15) is 11.6 Å². The van der Waals surface area contributed by atoms with Gasteiger partial charge >= 0.3 is 5.56 Å². The van der Waals surface area contributed by atoms with Crippen molar-refractivity contribution in [1.82, 2.24) is 14.8 Å². The quantitative estimate of drug-likeness (QED) is 0.180.